The average molecular weight is 247 g/mol. The fourth-order valence-corrected chi connectivity index (χ4v) is 2.16. The molecule has 1 unspecified atom stereocenters. The molecule has 1 heterocycles. The molecule has 0 aliphatic carbocycles. The van der Waals surface area contributed by atoms with Gasteiger partial charge in [-0.3, -0.25) is 0 Å². The maximum absolute atomic E-state index is 11.9. The van der Waals surface area contributed by atoms with Crippen LogP contribution < -0.4 is 10.6 Å². The first-order chi connectivity index (χ1) is 8.52. The maximum atomic E-state index is 11.9. The molecule has 1 aromatic rings. The van der Waals surface area contributed by atoms with Crippen LogP contribution in [0, 0.1) is 0 Å². The highest BCUT2D eigenvalue weighted by molar-refractivity contribution is 5.77. The molecular formula is C14H21N3O. The fraction of sp³-hybridized carbons (Fsp3) is 0.500. The molecule has 1 fully saturated rings. The van der Waals surface area contributed by atoms with Crippen molar-refractivity contribution in [1.29, 1.82) is 0 Å². The quantitative estimate of drug-likeness (QED) is 0.851. The molecule has 4 nitrogen and oxygen atoms in total. The Morgan fingerprint density at radius 3 is 2.67 bits per heavy atom. The van der Waals surface area contributed by atoms with Crippen LogP contribution >= 0.6 is 0 Å². The summed E-state index contributed by atoms with van der Waals surface area (Å²) in [5, 5.41) is 6.25. The summed E-state index contributed by atoms with van der Waals surface area (Å²) in [5.41, 5.74) is 1.10. The number of carbonyl (C=O) groups excluding carboxylic acids is 1. The minimum atomic E-state index is -0.0665. The number of nitrogens with one attached hydrogen (secondary N) is 2. The Morgan fingerprint density at radius 2 is 2.06 bits per heavy atom. The first-order valence-corrected chi connectivity index (χ1v) is 6.31. The van der Waals surface area contributed by atoms with Gasteiger partial charge in [0.1, 0.15) is 0 Å². The Balaban J connectivity index is 2.04. The molecule has 2 amide bonds. The van der Waals surface area contributed by atoms with Crippen LogP contribution in [-0.4, -0.2) is 36.6 Å². The third-order valence-corrected chi connectivity index (χ3v) is 3.45. The standard InChI is InChI=1S/C14H21N3O/c1-14(2,15-3)10-17-9-12(16-13(17)18)11-7-5-4-6-8-11/h4-8,12,15H,9-10H2,1-3H3,(H,16,18). The number of nitrogens with zero attached hydrogens (tertiary/aromatic N) is 1. The molecule has 0 bridgehead atoms. The van der Waals surface area contributed by atoms with E-state index < -0.39 is 0 Å². The molecule has 0 saturated carbocycles. The monoisotopic (exact) mass is 247 g/mol. The van der Waals surface area contributed by atoms with E-state index in [1.165, 1.54) is 0 Å². The minimum Gasteiger partial charge on any atom is -0.329 e. The van der Waals surface area contributed by atoms with E-state index in [-0.39, 0.29) is 17.6 Å². The highest BCUT2D eigenvalue weighted by Gasteiger charge is 2.32. The summed E-state index contributed by atoms with van der Waals surface area (Å²) in [5.74, 6) is 0. The highest BCUT2D eigenvalue weighted by atomic mass is 16.2. The lowest BCUT2D eigenvalue weighted by molar-refractivity contribution is 0.201. The minimum absolute atomic E-state index is 0.0205. The van der Waals surface area contributed by atoms with E-state index in [9.17, 15) is 4.79 Å². The predicted octanol–water partition coefficient (Wildman–Crippen LogP) is 1.75. The fourth-order valence-electron chi connectivity index (χ4n) is 2.16. The second kappa shape index (κ2) is 4.98. The average Bonchev–Trinajstić information content (AvgIpc) is 2.72. The van der Waals surface area contributed by atoms with Crippen molar-refractivity contribution in [1.82, 2.24) is 15.5 Å². The maximum Gasteiger partial charge on any atom is 0.318 e. The van der Waals surface area contributed by atoms with Crippen LogP contribution in [0.15, 0.2) is 30.3 Å². The van der Waals surface area contributed by atoms with Crippen LogP contribution in [0.5, 0.6) is 0 Å². The highest BCUT2D eigenvalue weighted by Crippen LogP contribution is 2.21. The third kappa shape index (κ3) is 2.82. The molecular weight excluding hydrogens is 226 g/mol. The Hall–Kier alpha value is -1.55. The number of carbonyl (C=O) groups is 1. The second-order valence-electron chi connectivity index (χ2n) is 5.43. The Bertz CT molecular complexity index is 416. The Morgan fingerprint density at radius 1 is 1.39 bits per heavy atom. The van der Waals surface area contributed by atoms with E-state index in [1.54, 1.807) is 0 Å². The number of benzene rings is 1. The zero-order valence-electron chi connectivity index (χ0n) is 11.2. The normalized spacial score (nSPS) is 20.1. The molecule has 0 spiro atoms. The van der Waals surface area contributed by atoms with Crippen LogP contribution in [-0.2, 0) is 0 Å². The van der Waals surface area contributed by atoms with Crippen LogP contribution in [0.2, 0.25) is 0 Å². The van der Waals surface area contributed by atoms with Crippen molar-refractivity contribution >= 4 is 6.03 Å². The lowest BCUT2D eigenvalue weighted by Crippen LogP contribution is -2.48. The van der Waals surface area contributed by atoms with Gasteiger partial charge >= 0.3 is 6.03 Å². The Labute approximate surface area is 108 Å². The molecule has 2 rings (SSSR count). The number of hydrogen-bond acceptors (Lipinski definition) is 2. The largest absolute Gasteiger partial charge is 0.329 e. The van der Waals surface area contributed by atoms with Crippen molar-refractivity contribution < 1.29 is 4.79 Å². The smallest absolute Gasteiger partial charge is 0.318 e. The lowest BCUT2D eigenvalue weighted by atomic mass is 10.0. The molecule has 1 aromatic carbocycles. The molecule has 1 saturated heterocycles. The number of urea groups is 1. The van der Waals surface area contributed by atoms with Gasteiger partial charge in [-0.25, -0.2) is 4.79 Å². The molecule has 0 aromatic heterocycles. The van der Waals surface area contributed by atoms with E-state index in [2.05, 4.69) is 36.6 Å². The zero-order valence-corrected chi connectivity index (χ0v) is 11.2. The molecule has 18 heavy (non-hydrogen) atoms. The van der Waals surface area contributed by atoms with Gasteiger partial charge in [0.15, 0.2) is 0 Å². The third-order valence-electron chi connectivity index (χ3n) is 3.45. The predicted molar refractivity (Wildman–Crippen MR) is 72.4 cm³/mol. The number of rotatable bonds is 4. The van der Waals surface area contributed by atoms with Crippen molar-refractivity contribution in [3.05, 3.63) is 35.9 Å². The summed E-state index contributed by atoms with van der Waals surface area (Å²) in [6.07, 6.45) is 0. The van der Waals surface area contributed by atoms with E-state index in [0.717, 1.165) is 12.1 Å². The summed E-state index contributed by atoms with van der Waals surface area (Å²) in [4.78, 5) is 13.8. The van der Waals surface area contributed by atoms with Crippen LogP contribution in [0.1, 0.15) is 25.5 Å². The van der Waals surface area contributed by atoms with E-state index in [4.69, 9.17) is 0 Å². The van der Waals surface area contributed by atoms with Crippen molar-refractivity contribution in [2.75, 3.05) is 20.1 Å². The number of amides is 2. The van der Waals surface area contributed by atoms with Gasteiger partial charge < -0.3 is 15.5 Å². The van der Waals surface area contributed by atoms with Gasteiger partial charge in [0.2, 0.25) is 0 Å². The first kappa shape index (κ1) is 12.9. The van der Waals surface area contributed by atoms with E-state index in [1.807, 2.05) is 30.1 Å². The van der Waals surface area contributed by atoms with Gasteiger partial charge in [-0.15, -0.1) is 0 Å². The van der Waals surface area contributed by atoms with Gasteiger partial charge in [0.25, 0.3) is 0 Å². The van der Waals surface area contributed by atoms with Gasteiger partial charge in [-0.2, -0.15) is 0 Å². The molecule has 0 radical (unpaired) electrons. The summed E-state index contributed by atoms with van der Waals surface area (Å²) in [7, 11) is 1.92. The van der Waals surface area contributed by atoms with Crippen molar-refractivity contribution in [2.45, 2.75) is 25.4 Å². The van der Waals surface area contributed by atoms with Crippen LogP contribution in [0.4, 0.5) is 4.79 Å². The molecule has 2 N–H and O–H groups in total. The second-order valence-corrected chi connectivity index (χ2v) is 5.43. The van der Waals surface area contributed by atoms with E-state index >= 15 is 0 Å². The van der Waals surface area contributed by atoms with Gasteiger partial charge in [-0.1, -0.05) is 30.3 Å². The molecule has 4 heteroatoms. The Kier molecular flexibility index (Phi) is 3.57. The SMILES string of the molecule is CNC(C)(C)CN1CC(c2ccccc2)NC1=O. The first-order valence-electron chi connectivity index (χ1n) is 6.31. The van der Waals surface area contributed by atoms with Gasteiger partial charge in [0, 0.05) is 18.6 Å². The summed E-state index contributed by atoms with van der Waals surface area (Å²) in [6.45, 7) is 5.62. The molecule has 1 aliphatic rings. The van der Waals surface area contributed by atoms with Gasteiger partial charge in [-0.05, 0) is 26.5 Å². The van der Waals surface area contributed by atoms with Crippen molar-refractivity contribution in [2.24, 2.45) is 0 Å². The van der Waals surface area contributed by atoms with Crippen molar-refractivity contribution in [3.63, 3.8) is 0 Å². The molecule has 1 aliphatic heterocycles. The zero-order chi connectivity index (χ0) is 13.2. The molecule has 1 atom stereocenters. The summed E-state index contributed by atoms with van der Waals surface area (Å²) < 4.78 is 0. The van der Waals surface area contributed by atoms with Crippen molar-refractivity contribution in [3.8, 4) is 0 Å². The van der Waals surface area contributed by atoms with Gasteiger partial charge in [0.05, 0.1) is 6.04 Å². The number of likely N-dealkylation sites (N-methyl/N-ethyl adjacent to an activating group) is 1. The summed E-state index contributed by atoms with van der Waals surface area (Å²) in [6, 6.07) is 10.2. The van der Waals surface area contributed by atoms with Crippen LogP contribution in [0.3, 0.4) is 0 Å². The lowest BCUT2D eigenvalue weighted by Gasteiger charge is -2.29. The topological polar surface area (TPSA) is 44.4 Å². The van der Waals surface area contributed by atoms with E-state index in [0.29, 0.717) is 6.54 Å². The molecule has 98 valence electrons. The number of hydrogen-bond donors (Lipinski definition) is 2. The van der Waals surface area contributed by atoms with Crippen LogP contribution in [0.25, 0.3) is 0 Å². The summed E-state index contributed by atoms with van der Waals surface area (Å²) >= 11 is 0.